The van der Waals surface area contributed by atoms with E-state index in [4.69, 9.17) is 9.47 Å². The largest absolute Gasteiger partial charge is 0.485 e. The van der Waals surface area contributed by atoms with E-state index in [2.05, 4.69) is 0 Å². The molecule has 2 aromatic carbocycles. The second kappa shape index (κ2) is 9.20. The molecule has 2 aliphatic rings. The van der Waals surface area contributed by atoms with Gasteiger partial charge in [0.2, 0.25) is 12.0 Å². The van der Waals surface area contributed by atoms with Gasteiger partial charge in [0.15, 0.2) is 21.3 Å². The van der Waals surface area contributed by atoms with Crippen LogP contribution in [0.3, 0.4) is 0 Å². The number of carbonyl (C=O) groups is 2. The number of piperazine rings is 1. The summed E-state index contributed by atoms with van der Waals surface area (Å²) in [6, 6.07) is 13.8. The van der Waals surface area contributed by atoms with E-state index in [-0.39, 0.29) is 35.5 Å². The third-order valence-corrected chi connectivity index (χ3v) is 7.42. The van der Waals surface area contributed by atoms with Crippen LogP contribution in [0.15, 0.2) is 53.4 Å². The Balaban J connectivity index is 1.26. The summed E-state index contributed by atoms with van der Waals surface area (Å²) < 4.78 is 36.4. The molecule has 0 unspecified atom stereocenters. The average Bonchev–Trinajstić information content (AvgIpc) is 2.82. The van der Waals surface area contributed by atoms with Crippen LogP contribution in [0.5, 0.6) is 11.5 Å². The van der Waals surface area contributed by atoms with Crippen molar-refractivity contribution in [3.63, 3.8) is 0 Å². The van der Waals surface area contributed by atoms with Gasteiger partial charge in [-0.3, -0.25) is 9.59 Å². The zero-order valence-corrected chi connectivity index (χ0v) is 18.7. The van der Waals surface area contributed by atoms with Gasteiger partial charge in [-0.25, -0.2) is 8.42 Å². The van der Waals surface area contributed by atoms with Gasteiger partial charge < -0.3 is 19.3 Å². The number of hydrogen-bond acceptors (Lipinski definition) is 6. The van der Waals surface area contributed by atoms with Crippen LogP contribution in [0, 0.1) is 6.92 Å². The monoisotopic (exact) mass is 458 g/mol. The topological polar surface area (TPSA) is 93.2 Å². The lowest BCUT2D eigenvalue weighted by atomic mass is 10.2. The number of fused-ring (bicyclic) bond motifs is 1. The zero-order chi connectivity index (χ0) is 22.7. The maximum absolute atomic E-state index is 12.8. The smallest absolute Gasteiger partial charge is 0.267 e. The molecule has 0 N–H and O–H groups in total. The maximum Gasteiger partial charge on any atom is 0.267 e. The number of benzene rings is 2. The number of aryl methyl sites for hydroxylation is 1. The molecule has 1 fully saturated rings. The number of para-hydroxylation sites is 2. The highest BCUT2D eigenvalue weighted by atomic mass is 32.2. The van der Waals surface area contributed by atoms with Crippen molar-refractivity contribution in [2.24, 2.45) is 0 Å². The first-order valence-electron chi connectivity index (χ1n) is 10.6. The quantitative estimate of drug-likeness (QED) is 0.677. The third kappa shape index (κ3) is 4.88. The fourth-order valence-electron chi connectivity index (χ4n) is 3.76. The van der Waals surface area contributed by atoms with Crippen LogP contribution < -0.4 is 9.47 Å². The van der Waals surface area contributed by atoms with Crippen molar-refractivity contribution in [3.8, 4) is 11.5 Å². The Kier molecular flexibility index (Phi) is 6.36. The van der Waals surface area contributed by atoms with Crippen LogP contribution in [0.25, 0.3) is 0 Å². The van der Waals surface area contributed by atoms with E-state index < -0.39 is 15.9 Å². The summed E-state index contributed by atoms with van der Waals surface area (Å²) in [6.45, 7) is 3.49. The van der Waals surface area contributed by atoms with E-state index in [1.807, 2.05) is 19.1 Å². The molecule has 2 aliphatic heterocycles. The Morgan fingerprint density at radius 2 is 1.56 bits per heavy atom. The van der Waals surface area contributed by atoms with E-state index >= 15 is 0 Å². The van der Waals surface area contributed by atoms with Crippen molar-refractivity contribution in [3.05, 3.63) is 54.1 Å². The molecule has 2 amide bonds. The molecule has 2 heterocycles. The standard InChI is InChI=1S/C23H26N2O6S/c1-17-6-8-18(9-7-17)32(28,29)15-10-22(26)24-11-13-25(14-12-24)23(27)21-16-30-19-4-2-3-5-20(19)31-21/h2-9,21H,10-16H2,1H3/t21-/m0/s1. The summed E-state index contributed by atoms with van der Waals surface area (Å²) >= 11 is 0. The minimum absolute atomic E-state index is 0.0828. The molecule has 0 bridgehead atoms. The number of amides is 2. The normalized spacial score (nSPS) is 18.3. The number of ether oxygens (including phenoxy) is 2. The van der Waals surface area contributed by atoms with Gasteiger partial charge in [0.05, 0.1) is 10.6 Å². The molecule has 170 valence electrons. The molecule has 0 radical (unpaired) electrons. The molecular weight excluding hydrogens is 432 g/mol. The number of rotatable bonds is 5. The van der Waals surface area contributed by atoms with Gasteiger partial charge in [0, 0.05) is 32.6 Å². The molecule has 8 nitrogen and oxygen atoms in total. The predicted octanol–water partition coefficient (Wildman–Crippen LogP) is 1.67. The van der Waals surface area contributed by atoms with Crippen LogP contribution >= 0.6 is 0 Å². The minimum Gasteiger partial charge on any atom is -0.485 e. The van der Waals surface area contributed by atoms with Crippen LogP contribution in [0.2, 0.25) is 0 Å². The van der Waals surface area contributed by atoms with E-state index in [1.165, 1.54) is 0 Å². The summed E-state index contributed by atoms with van der Waals surface area (Å²) in [4.78, 5) is 28.9. The van der Waals surface area contributed by atoms with Gasteiger partial charge in [0.25, 0.3) is 5.91 Å². The predicted molar refractivity (Wildman–Crippen MR) is 117 cm³/mol. The van der Waals surface area contributed by atoms with Crippen LogP contribution in [-0.4, -0.2) is 74.7 Å². The van der Waals surface area contributed by atoms with Crippen molar-refractivity contribution >= 4 is 21.7 Å². The first-order chi connectivity index (χ1) is 15.3. The Labute approximate surface area is 187 Å². The van der Waals surface area contributed by atoms with Crippen LogP contribution in [-0.2, 0) is 19.4 Å². The summed E-state index contributed by atoms with van der Waals surface area (Å²) in [6.07, 6.45) is -0.799. The van der Waals surface area contributed by atoms with Crippen molar-refractivity contribution in [2.45, 2.75) is 24.3 Å². The molecule has 0 aromatic heterocycles. The number of hydrogen-bond donors (Lipinski definition) is 0. The van der Waals surface area contributed by atoms with Crippen molar-refractivity contribution in [1.29, 1.82) is 0 Å². The van der Waals surface area contributed by atoms with Crippen molar-refractivity contribution < 1.29 is 27.5 Å². The molecule has 1 atom stereocenters. The highest BCUT2D eigenvalue weighted by Gasteiger charge is 2.33. The average molecular weight is 459 g/mol. The summed E-state index contributed by atoms with van der Waals surface area (Å²) in [5, 5.41) is 0. The van der Waals surface area contributed by atoms with Crippen molar-refractivity contribution in [1.82, 2.24) is 9.80 Å². The minimum atomic E-state index is -3.52. The Hall–Kier alpha value is -3.07. The second-order valence-corrected chi connectivity index (χ2v) is 10.1. The lowest BCUT2D eigenvalue weighted by molar-refractivity contribution is -0.146. The zero-order valence-electron chi connectivity index (χ0n) is 17.9. The maximum atomic E-state index is 12.8. The lowest BCUT2D eigenvalue weighted by Gasteiger charge is -2.37. The van der Waals surface area contributed by atoms with E-state index in [9.17, 15) is 18.0 Å². The van der Waals surface area contributed by atoms with Gasteiger partial charge in [-0.2, -0.15) is 0 Å². The SMILES string of the molecule is Cc1ccc(S(=O)(=O)CCC(=O)N2CCN(C(=O)[C@@H]3COc4ccccc4O3)CC2)cc1. The molecule has 2 aromatic rings. The third-order valence-electron chi connectivity index (χ3n) is 5.69. The molecule has 9 heteroatoms. The fourth-order valence-corrected chi connectivity index (χ4v) is 4.99. The van der Waals surface area contributed by atoms with Gasteiger partial charge in [0.1, 0.15) is 6.61 Å². The highest BCUT2D eigenvalue weighted by Crippen LogP contribution is 2.31. The van der Waals surface area contributed by atoms with E-state index in [0.717, 1.165) is 5.56 Å². The first-order valence-corrected chi connectivity index (χ1v) is 12.2. The number of nitrogens with zero attached hydrogens (tertiary/aromatic N) is 2. The van der Waals surface area contributed by atoms with Gasteiger partial charge in [-0.05, 0) is 31.2 Å². The molecule has 0 aliphatic carbocycles. The number of carbonyl (C=O) groups excluding carboxylic acids is 2. The molecule has 4 rings (SSSR count). The Morgan fingerprint density at radius 1 is 0.938 bits per heavy atom. The first kappa shape index (κ1) is 22.1. The van der Waals surface area contributed by atoms with Gasteiger partial charge in [-0.1, -0.05) is 29.8 Å². The Bertz CT molecular complexity index is 1090. The Morgan fingerprint density at radius 3 is 2.25 bits per heavy atom. The summed E-state index contributed by atoms with van der Waals surface area (Å²) in [7, 11) is -3.52. The second-order valence-electron chi connectivity index (χ2n) is 7.95. The molecule has 0 spiro atoms. The summed E-state index contributed by atoms with van der Waals surface area (Å²) in [5.74, 6) is 0.529. The van der Waals surface area contributed by atoms with Crippen molar-refractivity contribution in [2.75, 3.05) is 38.5 Å². The fraction of sp³-hybridized carbons (Fsp3) is 0.391. The number of sulfone groups is 1. The molecular formula is C23H26N2O6S. The molecule has 0 saturated carbocycles. The van der Waals surface area contributed by atoms with Gasteiger partial charge in [-0.15, -0.1) is 0 Å². The molecule has 32 heavy (non-hydrogen) atoms. The lowest BCUT2D eigenvalue weighted by Crippen LogP contribution is -2.55. The van der Waals surface area contributed by atoms with Crippen LogP contribution in [0.1, 0.15) is 12.0 Å². The van der Waals surface area contributed by atoms with E-state index in [0.29, 0.717) is 37.7 Å². The molecule has 1 saturated heterocycles. The highest BCUT2D eigenvalue weighted by molar-refractivity contribution is 7.91. The van der Waals surface area contributed by atoms with E-state index in [1.54, 1.807) is 46.2 Å². The van der Waals surface area contributed by atoms with Gasteiger partial charge >= 0.3 is 0 Å². The van der Waals surface area contributed by atoms with Crippen LogP contribution in [0.4, 0.5) is 0 Å². The summed E-state index contributed by atoms with van der Waals surface area (Å²) in [5.41, 5.74) is 0.974.